The zero-order valence-corrected chi connectivity index (χ0v) is 30.9. The molecule has 15 heteroatoms. The lowest BCUT2D eigenvalue weighted by atomic mass is 9.68. The maximum atomic E-state index is 14.6. The molecule has 2 aromatic carbocycles. The number of nitrogens with zero attached hydrogens (tertiary/aromatic N) is 4. The number of hydrogen-bond acceptors (Lipinski definition) is 8. The third-order valence-electron chi connectivity index (χ3n) is 11.9. The lowest BCUT2D eigenvalue weighted by molar-refractivity contribution is -0.235. The average molecular weight is 764 g/mol. The minimum absolute atomic E-state index is 0.0344. The molecule has 3 unspecified atom stereocenters. The second kappa shape index (κ2) is 12.7. The Morgan fingerprint density at radius 1 is 1.02 bits per heavy atom. The predicted octanol–water partition coefficient (Wildman–Crippen LogP) is 5.73. The molecule has 0 radical (unpaired) electrons. The zero-order chi connectivity index (χ0) is 38.4. The van der Waals surface area contributed by atoms with Gasteiger partial charge in [0.15, 0.2) is 5.72 Å². The second-order valence-electron chi connectivity index (χ2n) is 15.2. The van der Waals surface area contributed by atoms with E-state index in [1.807, 2.05) is 54.6 Å². The Morgan fingerprint density at radius 3 is 2.33 bits per heavy atom. The summed E-state index contributed by atoms with van der Waals surface area (Å²) in [6, 6.07) is 17.0. The first-order valence-electron chi connectivity index (χ1n) is 18.0. The molecule has 11 nitrogen and oxygen atoms in total. The minimum atomic E-state index is -5.30. The fraction of sp³-hybridized carbons (Fsp3) is 0.436. The molecule has 8 rings (SSSR count). The highest BCUT2D eigenvalue weighted by molar-refractivity contribution is 7.91. The van der Waals surface area contributed by atoms with Gasteiger partial charge in [0.25, 0.3) is 0 Å². The number of likely N-dealkylation sites (tertiary alicyclic amines) is 1. The molecule has 1 N–H and O–H groups in total. The van der Waals surface area contributed by atoms with Crippen molar-refractivity contribution in [3.63, 3.8) is 0 Å². The standard InChI is InChI=1S/C39H40F3N5O6S/c1-23(48)47-27-13-16-38(47,53-36(50)39(40,41)42)22-37(19-27)32-29(45(2)35(37)49)20-43-34-31(32)30(25-7-5-4-6-8-25)33(44-34)26-11-9-24(10-12-26)21-46-17-14-28(15-18-46)54(3,51)52/h4-12,20,27-28H,13-19,21-22H2,1-3H3,(H,43,44). The molecule has 1 spiro atoms. The van der Waals surface area contributed by atoms with Gasteiger partial charge in [0, 0.05) is 62.2 Å². The molecular formula is C39H40F3N5O6S. The van der Waals surface area contributed by atoms with E-state index in [9.17, 15) is 36.0 Å². The Labute approximate surface area is 310 Å². The van der Waals surface area contributed by atoms with E-state index in [-0.39, 0.29) is 36.8 Å². The first-order chi connectivity index (χ1) is 25.5. The maximum Gasteiger partial charge on any atom is 0.491 e. The number of pyridine rings is 1. The van der Waals surface area contributed by atoms with Gasteiger partial charge in [-0.15, -0.1) is 0 Å². The number of piperidine rings is 2. The number of ether oxygens (including phenoxy) is 1. The molecule has 4 aliphatic heterocycles. The molecule has 284 valence electrons. The van der Waals surface area contributed by atoms with Crippen molar-refractivity contribution in [1.82, 2.24) is 19.8 Å². The number of anilines is 1. The summed E-state index contributed by atoms with van der Waals surface area (Å²) in [5.74, 6) is -3.29. The lowest BCUT2D eigenvalue weighted by Gasteiger charge is -2.50. The summed E-state index contributed by atoms with van der Waals surface area (Å²) < 4.78 is 70.5. The van der Waals surface area contributed by atoms with Crippen LogP contribution in [0.4, 0.5) is 18.9 Å². The lowest BCUT2D eigenvalue weighted by Crippen LogP contribution is -2.63. The molecule has 0 aliphatic carbocycles. The van der Waals surface area contributed by atoms with E-state index < -0.39 is 45.1 Å². The topological polar surface area (TPSA) is 133 Å². The van der Waals surface area contributed by atoms with E-state index in [1.165, 1.54) is 23.0 Å². The summed E-state index contributed by atoms with van der Waals surface area (Å²) in [5, 5.41) is 0.327. The molecule has 4 aromatic rings. The Bertz CT molecular complexity index is 2290. The van der Waals surface area contributed by atoms with Crippen LogP contribution in [-0.4, -0.2) is 95.6 Å². The smallest absolute Gasteiger partial charge is 0.432 e. The van der Waals surface area contributed by atoms with Gasteiger partial charge >= 0.3 is 12.1 Å². The van der Waals surface area contributed by atoms with Crippen molar-refractivity contribution in [1.29, 1.82) is 0 Å². The van der Waals surface area contributed by atoms with E-state index >= 15 is 0 Å². The molecule has 3 saturated heterocycles. The Balaban J connectivity index is 1.24. The van der Waals surface area contributed by atoms with Gasteiger partial charge in [-0.25, -0.2) is 18.2 Å². The predicted molar refractivity (Wildman–Crippen MR) is 195 cm³/mol. The van der Waals surface area contributed by atoms with E-state index in [4.69, 9.17) is 9.72 Å². The summed E-state index contributed by atoms with van der Waals surface area (Å²) in [6.45, 7) is 3.28. The number of aromatic amines is 1. The van der Waals surface area contributed by atoms with Crippen molar-refractivity contribution in [3.8, 4) is 22.4 Å². The monoisotopic (exact) mass is 763 g/mol. The number of halogens is 3. The van der Waals surface area contributed by atoms with Crippen molar-refractivity contribution in [2.45, 2.75) is 80.6 Å². The minimum Gasteiger partial charge on any atom is -0.432 e. The fourth-order valence-electron chi connectivity index (χ4n) is 9.61. The van der Waals surface area contributed by atoms with Crippen LogP contribution in [0.2, 0.25) is 0 Å². The van der Waals surface area contributed by atoms with Crippen LogP contribution >= 0.6 is 0 Å². The molecule has 2 aromatic heterocycles. The summed E-state index contributed by atoms with van der Waals surface area (Å²) in [5.41, 5.74) is 2.37. The number of carbonyl (C=O) groups is 3. The molecule has 2 bridgehead atoms. The maximum absolute atomic E-state index is 14.6. The van der Waals surface area contributed by atoms with Gasteiger partial charge in [-0.3, -0.25) is 14.5 Å². The molecular weight excluding hydrogens is 724 g/mol. The number of rotatable bonds is 6. The number of sulfone groups is 1. The first-order valence-corrected chi connectivity index (χ1v) is 20.0. The van der Waals surface area contributed by atoms with Gasteiger partial charge in [-0.1, -0.05) is 54.6 Å². The number of H-pyrrole nitrogens is 1. The van der Waals surface area contributed by atoms with Crippen LogP contribution in [-0.2, 0) is 40.9 Å². The molecule has 0 saturated carbocycles. The summed E-state index contributed by atoms with van der Waals surface area (Å²) >= 11 is 0. The number of hydrogen-bond donors (Lipinski definition) is 1. The zero-order valence-electron chi connectivity index (χ0n) is 30.1. The highest BCUT2D eigenvalue weighted by Crippen LogP contribution is 2.60. The number of nitrogens with one attached hydrogen (secondary N) is 1. The SMILES string of the molecule is CC(=O)N1C2CCC1(OC(=O)C(F)(F)F)CC1(C2)C(=O)N(C)c2cnc3[nH]c(-c4ccc(CN5CCC(S(C)(=O)=O)CC5)cc4)c(-c4ccccc4)c3c21. The van der Waals surface area contributed by atoms with Crippen molar-refractivity contribution in [3.05, 3.63) is 71.9 Å². The van der Waals surface area contributed by atoms with E-state index in [0.29, 0.717) is 54.8 Å². The highest BCUT2D eigenvalue weighted by atomic mass is 32.2. The fourth-order valence-corrected chi connectivity index (χ4v) is 10.7. The number of benzene rings is 2. The van der Waals surface area contributed by atoms with Crippen LogP contribution in [0.5, 0.6) is 0 Å². The normalized spacial score (nSPS) is 24.8. The third kappa shape index (κ3) is 5.78. The summed E-state index contributed by atoms with van der Waals surface area (Å²) in [7, 11) is -1.46. The Morgan fingerprint density at radius 2 is 1.70 bits per heavy atom. The molecule has 54 heavy (non-hydrogen) atoms. The second-order valence-corrected chi connectivity index (χ2v) is 17.6. The van der Waals surface area contributed by atoms with Gasteiger partial charge in [0.2, 0.25) is 11.8 Å². The number of alkyl halides is 3. The van der Waals surface area contributed by atoms with Crippen LogP contribution in [0.3, 0.4) is 0 Å². The van der Waals surface area contributed by atoms with Crippen molar-refractivity contribution in [2.24, 2.45) is 0 Å². The van der Waals surface area contributed by atoms with E-state index in [0.717, 1.165) is 27.9 Å². The quantitative estimate of drug-likeness (QED) is 0.247. The highest BCUT2D eigenvalue weighted by Gasteiger charge is 2.67. The summed E-state index contributed by atoms with van der Waals surface area (Å²) in [4.78, 5) is 53.3. The van der Waals surface area contributed by atoms with Gasteiger partial charge < -0.3 is 19.5 Å². The van der Waals surface area contributed by atoms with Crippen molar-refractivity contribution < 1.29 is 40.7 Å². The van der Waals surface area contributed by atoms with Crippen LogP contribution in [0.1, 0.15) is 56.6 Å². The van der Waals surface area contributed by atoms with Gasteiger partial charge in [0.05, 0.1) is 28.2 Å². The molecule has 3 atom stereocenters. The average Bonchev–Trinajstić information content (AvgIpc) is 3.69. The number of aromatic nitrogens is 2. The van der Waals surface area contributed by atoms with Crippen molar-refractivity contribution >= 4 is 44.3 Å². The van der Waals surface area contributed by atoms with Crippen LogP contribution in [0.25, 0.3) is 33.4 Å². The molecule has 6 heterocycles. The number of fused-ring (bicyclic) bond motifs is 6. The molecule has 3 fully saturated rings. The van der Waals surface area contributed by atoms with Gasteiger partial charge in [-0.05, 0) is 55.5 Å². The van der Waals surface area contributed by atoms with E-state index in [2.05, 4.69) is 9.88 Å². The van der Waals surface area contributed by atoms with Crippen LogP contribution in [0.15, 0.2) is 60.8 Å². The van der Waals surface area contributed by atoms with E-state index in [1.54, 1.807) is 13.2 Å². The number of likely N-dealkylation sites (N-methyl/N-ethyl adjacent to an activating group) is 1. The van der Waals surface area contributed by atoms with Crippen molar-refractivity contribution in [2.75, 3.05) is 31.3 Å². The largest absolute Gasteiger partial charge is 0.491 e. The Kier molecular flexibility index (Phi) is 8.49. The Hall–Kier alpha value is -4.76. The third-order valence-corrected chi connectivity index (χ3v) is 13.6. The van der Waals surface area contributed by atoms with Crippen LogP contribution < -0.4 is 4.90 Å². The summed E-state index contributed by atoms with van der Waals surface area (Å²) in [6.07, 6.45) is -1.19. The number of amides is 2. The molecule has 2 amide bonds. The van der Waals surface area contributed by atoms with Gasteiger partial charge in [-0.2, -0.15) is 13.2 Å². The van der Waals surface area contributed by atoms with Gasteiger partial charge in [0.1, 0.15) is 15.5 Å². The first kappa shape index (κ1) is 36.2. The number of carbonyl (C=O) groups excluding carboxylic acids is 3. The van der Waals surface area contributed by atoms with Crippen LogP contribution in [0, 0.1) is 0 Å². The molecule has 4 aliphatic rings. The number of esters is 1.